The molecule has 0 radical (unpaired) electrons. The van der Waals surface area contributed by atoms with E-state index in [0.717, 1.165) is 16.7 Å². The SMILES string of the molecule is CC(C)(C)c1ccc(C(C)(C)C)c(C(=N)C2C=NOC2=O)c1. The second kappa shape index (κ2) is 5.34. The van der Waals surface area contributed by atoms with Gasteiger partial charge in [0.15, 0.2) is 0 Å². The minimum atomic E-state index is -0.712. The first kappa shape index (κ1) is 16.4. The molecule has 1 unspecified atom stereocenters. The normalized spacial score (nSPS) is 18.5. The molecule has 0 aliphatic carbocycles. The summed E-state index contributed by atoms with van der Waals surface area (Å²) in [7, 11) is 0. The number of benzene rings is 1. The lowest BCUT2D eigenvalue weighted by Crippen LogP contribution is -2.27. The van der Waals surface area contributed by atoms with Crippen LogP contribution in [0.1, 0.15) is 58.2 Å². The smallest absolute Gasteiger partial charge is 0.317 e. The van der Waals surface area contributed by atoms with Crippen molar-refractivity contribution < 1.29 is 9.63 Å². The number of carbonyl (C=O) groups excluding carboxylic acids is 1. The Morgan fingerprint density at radius 3 is 2.23 bits per heavy atom. The molecule has 1 aromatic rings. The van der Waals surface area contributed by atoms with Gasteiger partial charge in [-0.3, -0.25) is 0 Å². The lowest BCUT2D eigenvalue weighted by atomic mass is 9.77. The summed E-state index contributed by atoms with van der Waals surface area (Å²) >= 11 is 0. The van der Waals surface area contributed by atoms with Gasteiger partial charge in [-0.25, -0.2) is 4.79 Å². The van der Waals surface area contributed by atoms with Gasteiger partial charge in [0.05, 0.1) is 11.9 Å². The highest BCUT2D eigenvalue weighted by Gasteiger charge is 2.32. The standard InChI is InChI=1S/C18H24N2O2/c1-17(2,3)11-7-8-14(18(4,5)6)12(9-11)15(19)13-10-20-22-16(13)21/h7-10,13,19H,1-6H3. The van der Waals surface area contributed by atoms with Crippen LogP contribution >= 0.6 is 0 Å². The van der Waals surface area contributed by atoms with Crippen LogP contribution in [0.4, 0.5) is 0 Å². The Labute approximate surface area is 132 Å². The summed E-state index contributed by atoms with van der Waals surface area (Å²) in [6.07, 6.45) is 1.40. The molecule has 0 bridgehead atoms. The first-order valence-electron chi connectivity index (χ1n) is 7.50. The number of carbonyl (C=O) groups is 1. The zero-order valence-corrected chi connectivity index (χ0v) is 14.2. The predicted molar refractivity (Wildman–Crippen MR) is 88.7 cm³/mol. The molecule has 4 heteroatoms. The average molecular weight is 300 g/mol. The van der Waals surface area contributed by atoms with Crippen molar-refractivity contribution in [2.45, 2.75) is 52.4 Å². The number of rotatable bonds is 2. The van der Waals surface area contributed by atoms with Crippen LogP contribution in [-0.2, 0) is 20.5 Å². The van der Waals surface area contributed by atoms with Crippen molar-refractivity contribution >= 4 is 17.9 Å². The Hall–Kier alpha value is -1.97. The molecule has 0 amide bonds. The largest absolute Gasteiger partial charge is 0.349 e. The second-order valence-electron chi connectivity index (χ2n) is 7.82. The van der Waals surface area contributed by atoms with Crippen LogP contribution < -0.4 is 0 Å². The van der Waals surface area contributed by atoms with Crippen LogP contribution in [0, 0.1) is 11.3 Å². The zero-order chi connectivity index (χ0) is 16.7. The Morgan fingerprint density at radius 2 is 1.77 bits per heavy atom. The van der Waals surface area contributed by atoms with Crippen molar-refractivity contribution in [2.24, 2.45) is 11.1 Å². The minimum absolute atomic E-state index is 0.0181. The van der Waals surface area contributed by atoms with Crippen molar-refractivity contribution in [2.75, 3.05) is 0 Å². The van der Waals surface area contributed by atoms with E-state index < -0.39 is 11.9 Å². The summed E-state index contributed by atoms with van der Waals surface area (Å²) < 4.78 is 0. The minimum Gasteiger partial charge on any atom is -0.317 e. The molecule has 4 nitrogen and oxygen atoms in total. The molecule has 1 aliphatic heterocycles. The molecule has 1 aromatic carbocycles. The summed E-state index contributed by atoms with van der Waals surface area (Å²) in [4.78, 5) is 16.4. The van der Waals surface area contributed by atoms with Crippen molar-refractivity contribution in [1.82, 2.24) is 0 Å². The summed E-state index contributed by atoms with van der Waals surface area (Å²) in [5.41, 5.74) is 3.12. The quantitative estimate of drug-likeness (QED) is 0.667. The van der Waals surface area contributed by atoms with Crippen LogP contribution in [0.15, 0.2) is 23.4 Å². The Bertz CT molecular complexity index is 646. The fraction of sp³-hybridized carbons (Fsp3) is 0.500. The first-order valence-corrected chi connectivity index (χ1v) is 7.50. The van der Waals surface area contributed by atoms with Crippen molar-refractivity contribution in [3.05, 3.63) is 34.9 Å². The number of hydrogen-bond donors (Lipinski definition) is 1. The van der Waals surface area contributed by atoms with E-state index in [2.05, 4.69) is 63.7 Å². The fourth-order valence-electron chi connectivity index (χ4n) is 2.51. The van der Waals surface area contributed by atoms with E-state index in [1.165, 1.54) is 6.21 Å². The van der Waals surface area contributed by atoms with Gasteiger partial charge in [0.25, 0.3) is 0 Å². The molecule has 22 heavy (non-hydrogen) atoms. The van der Waals surface area contributed by atoms with Gasteiger partial charge in [0.2, 0.25) is 0 Å². The number of nitrogens with zero attached hydrogens (tertiary/aromatic N) is 1. The van der Waals surface area contributed by atoms with E-state index in [4.69, 9.17) is 5.41 Å². The van der Waals surface area contributed by atoms with E-state index in [9.17, 15) is 4.79 Å². The molecule has 1 heterocycles. The molecule has 1 atom stereocenters. The molecular weight excluding hydrogens is 276 g/mol. The molecule has 0 spiro atoms. The maximum atomic E-state index is 11.7. The molecule has 0 fully saturated rings. The lowest BCUT2D eigenvalue weighted by molar-refractivity contribution is -0.141. The van der Waals surface area contributed by atoms with Crippen molar-refractivity contribution in [3.63, 3.8) is 0 Å². The highest BCUT2D eigenvalue weighted by atomic mass is 16.7. The third-order valence-electron chi connectivity index (χ3n) is 3.90. The maximum absolute atomic E-state index is 11.7. The van der Waals surface area contributed by atoms with Gasteiger partial charge in [-0.1, -0.05) is 58.8 Å². The van der Waals surface area contributed by atoms with Gasteiger partial charge in [-0.2, -0.15) is 0 Å². The number of hydrogen-bond acceptors (Lipinski definition) is 4. The van der Waals surface area contributed by atoms with Crippen LogP contribution in [0.25, 0.3) is 0 Å². The highest BCUT2D eigenvalue weighted by Crippen LogP contribution is 2.32. The summed E-state index contributed by atoms with van der Waals surface area (Å²) in [5.74, 6) is -1.19. The van der Waals surface area contributed by atoms with Crippen LogP contribution in [0.5, 0.6) is 0 Å². The molecule has 1 aliphatic rings. The van der Waals surface area contributed by atoms with Crippen LogP contribution in [0.3, 0.4) is 0 Å². The monoisotopic (exact) mass is 300 g/mol. The first-order chi connectivity index (χ1) is 10.0. The molecule has 118 valence electrons. The van der Waals surface area contributed by atoms with Crippen molar-refractivity contribution in [1.29, 1.82) is 5.41 Å². The van der Waals surface area contributed by atoms with Crippen LogP contribution in [0.2, 0.25) is 0 Å². The van der Waals surface area contributed by atoms with E-state index in [1.807, 2.05) is 6.07 Å². The number of nitrogens with one attached hydrogen (secondary N) is 1. The van der Waals surface area contributed by atoms with Gasteiger partial charge >= 0.3 is 5.97 Å². The van der Waals surface area contributed by atoms with Gasteiger partial charge in [0, 0.05) is 5.56 Å². The fourth-order valence-corrected chi connectivity index (χ4v) is 2.51. The van der Waals surface area contributed by atoms with Gasteiger partial charge < -0.3 is 10.2 Å². The predicted octanol–water partition coefficient (Wildman–Crippen LogP) is 3.81. The van der Waals surface area contributed by atoms with E-state index >= 15 is 0 Å². The molecule has 1 N–H and O–H groups in total. The number of oxime groups is 1. The Morgan fingerprint density at radius 1 is 1.14 bits per heavy atom. The average Bonchev–Trinajstić information content (AvgIpc) is 2.81. The third kappa shape index (κ3) is 3.11. The van der Waals surface area contributed by atoms with Gasteiger partial charge in [0.1, 0.15) is 5.92 Å². The maximum Gasteiger partial charge on any atom is 0.349 e. The van der Waals surface area contributed by atoms with Gasteiger partial charge in [-0.15, -0.1) is 0 Å². The lowest BCUT2D eigenvalue weighted by Gasteiger charge is -2.27. The van der Waals surface area contributed by atoms with Gasteiger partial charge in [-0.05, 0) is 28.0 Å². The Kier molecular flexibility index (Phi) is 3.98. The summed E-state index contributed by atoms with van der Waals surface area (Å²) in [6.45, 7) is 12.7. The summed E-state index contributed by atoms with van der Waals surface area (Å²) in [6, 6.07) is 6.21. The topological polar surface area (TPSA) is 62.5 Å². The van der Waals surface area contributed by atoms with Crippen LogP contribution in [-0.4, -0.2) is 17.9 Å². The molecule has 0 saturated carbocycles. The molecular formula is C18H24N2O2. The highest BCUT2D eigenvalue weighted by molar-refractivity contribution is 6.21. The molecule has 0 saturated heterocycles. The zero-order valence-electron chi connectivity index (χ0n) is 14.2. The molecule has 0 aromatic heterocycles. The van der Waals surface area contributed by atoms with E-state index in [0.29, 0.717) is 0 Å². The second-order valence-corrected chi connectivity index (χ2v) is 7.82. The Balaban J connectivity index is 2.57. The molecule has 2 rings (SSSR count). The van der Waals surface area contributed by atoms with Crippen molar-refractivity contribution in [3.8, 4) is 0 Å². The third-order valence-corrected chi connectivity index (χ3v) is 3.90. The summed E-state index contributed by atoms with van der Waals surface area (Å²) in [5, 5.41) is 12.0. The van der Waals surface area contributed by atoms with E-state index in [-0.39, 0.29) is 16.5 Å². The van der Waals surface area contributed by atoms with E-state index in [1.54, 1.807) is 0 Å².